The highest BCUT2D eigenvalue weighted by Gasteiger charge is 2.31. The molecule has 2 aromatic rings. The first-order valence-electron chi connectivity index (χ1n) is 9.35. The van der Waals surface area contributed by atoms with Gasteiger partial charge in [0.05, 0.1) is 11.4 Å². The highest BCUT2D eigenvalue weighted by molar-refractivity contribution is 7.89. The van der Waals surface area contributed by atoms with Crippen LogP contribution < -0.4 is 4.74 Å². The fraction of sp³-hybridized carbons (Fsp3) is 0.500. The summed E-state index contributed by atoms with van der Waals surface area (Å²) in [7, 11) is -3.53. The minimum absolute atomic E-state index is 0.246. The van der Waals surface area contributed by atoms with Gasteiger partial charge in [0.15, 0.2) is 0 Å². The molecule has 0 amide bonds. The van der Waals surface area contributed by atoms with Gasteiger partial charge in [-0.25, -0.2) is 18.4 Å². The maximum absolute atomic E-state index is 13.0. The normalized spacial score (nSPS) is 18.6. The summed E-state index contributed by atoms with van der Waals surface area (Å²) in [5.41, 5.74) is 2.80. The first-order valence-corrected chi connectivity index (χ1v) is 10.8. The van der Waals surface area contributed by atoms with Gasteiger partial charge in [-0.1, -0.05) is 26.0 Å². The molecule has 1 atom stereocenters. The molecule has 146 valence electrons. The van der Waals surface area contributed by atoms with Crippen molar-refractivity contribution in [3.63, 3.8) is 0 Å². The quantitative estimate of drug-likeness (QED) is 0.783. The zero-order valence-electron chi connectivity index (χ0n) is 16.3. The van der Waals surface area contributed by atoms with E-state index in [-0.39, 0.29) is 6.10 Å². The Morgan fingerprint density at radius 2 is 1.74 bits per heavy atom. The number of benzene rings is 1. The van der Waals surface area contributed by atoms with Crippen molar-refractivity contribution >= 4 is 10.0 Å². The summed E-state index contributed by atoms with van der Waals surface area (Å²) in [5, 5.41) is 0. The highest BCUT2D eigenvalue weighted by Crippen LogP contribution is 2.24. The molecule has 0 saturated carbocycles. The Bertz CT molecular complexity index is 875. The first-order chi connectivity index (χ1) is 12.8. The number of rotatable bonds is 5. The summed E-state index contributed by atoms with van der Waals surface area (Å²) in [6.45, 7) is 8.77. The van der Waals surface area contributed by atoms with E-state index in [1.165, 1.54) is 4.31 Å². The predicted molar refractivity (Wildman–Crippen MR) is 104 cm³/mol. The van der Waals surface area contributed by atoms with E-state index < -0.39 is 10.0 Å². The Kier molecular flexibility index (Phi) is 5.81. The SMILES string of the molecule is Cc1cc(C)nc(OC2CCCN(S(=O)(=O)c3ccc(C(C)C)cc3)C2)n1. The molecule has 0 aliphatic carbocycles. The van der Waals surface area contributed by atoms with Gasteiger partial charge < -0.3 is 4.74 Å². The van der Waals surface area contributed by atoms with E-state index in [9.17, 15) is 8.42 Å². The van der Waals surface area contributed by atoms with Crippen LogP contribution in [-0.4, -0.2) is 41.9 Å². The monoisotopic (exact) mass is 389 g/mol. The molecule has 1 aromatic carbocycles. The van der Waals surface area contributed by atoms with Crippen LogP contribution >= 0.6 is 0 Å². The van der Waals surface area contributed by atoms with Gasteiger partial charge in [0.25, 0.3) is 0 Å². The molecule has 27 heavy (non-hydrogen) atoms. The van der Waals surface area contributed by atoms with Crippen LogP contribution in [0.15, 0.2) is 35.2 Å². The van der Waals surface area contributed by atoms with Crippen LogP contribution in [-0.2, 0) is 10.0 Å². The molecule has 1 fully saturated rings. The number of aryl methyl sites for hydroxylation is 2. The molecule has 0 bridgehead atoms. The van der Waals surface area contributed by atoms with Crippen molar-refractivity contribution < 1.29 is 13.2 Å². The van der Waals surface area contributed by atoms with Gasteiger partial charge in [-0.05, 0) is 56.4 Å². The van der Waals surface area contributed by atoms with E-state index in [1.807, 2.05) is 32.0 Å². The zero-order valence-corrected chi connectivity index (χ0v) is 17.2. The third-order valence-corrected chi connectivity index (χ3v) is 6.64. The number of hydrogen-bond acceptors (Lipinski definition) is 5. The number of hydrogen-bond donors (Lipinski definition) is 0. The Hall–Kier alpha value is -1.99. The smallest absolute Gasteiger partial charge is 0.317 e. The van der Waals surface area contributed by atoms with E-state index in [0.717, 1.165) is 29.8 Å². The molecule has 6 nitrogen and oxygen atoms in total. The van der Waals surface area contributed by atoms with Gasteiger partial charge in [0.1, 0.15) is 6.10 Å². The molecule has 2 heterocycles. The van der Waals surface area contributed by atoms with Crippen LogP contribution in [0.2, 0.25) is 0 Å². The Balaban J connectivity index is 1.74. The van der Waals surface area contributed by atoms with Crippen LogP contribution in [0.3, 0.4) is 0 Å². The lowest BCUT2D eigenvalue weighted by Crippen LogP contribution is -2.44. The van der Waals surface area contributed by atoms with Crippen LogP contribution in [0.4, 0.5) is 0 Å². The summed E-state index contributed by atoms with van der Waals surface area (Å²) in [4.78, 5) is 8.93. The molecule has 1 saturated heterocycles. The van der Waals surface area contributed by atoms with E-state index in [4.69, 9.17) is 4.74 Å². The molecular formula is C20H27N3O3S. The van der Waals surface area contributed by atoms with Crippen molar-refractivity contribution in [2.45, 2.75) is 57.5 Å². The Morgan fingerprint density at radius 1 is 1.11 bits per heavy atom. The second kappa shape index (κ2) is 7.94. The molecule has 1 unspecified atom stereocenters. The molecule has 3 rings (SSSR count). The lowest BCUT2D eigenvalue weighted by atomic mass is 10.0. The average molecular weight is 390 g/mol. The number of ether oxygens (including phenoxy) is 1. The fourth-order valence-corrected chi connectivity index (χ4v) is 4.80. The zero-order chi connectivity index (χ0) is 19.6. The minimum atomic E-state index is -3.53. The van der Waals surface area contributed by atoms with Crippen LogP contribution in [0, 0.1) is 13.8 Å². The van der Waals surface area contributed by atoms with Crippen molar-refractivity contribution in [1.82, 2.24) is 14.3 Å². The lowest BCUT2D eigenvalue weighted by molar-refractivity contribution is 0.119. The van der Waals surface area contributed by atoms with Crippen LogP contribution in [0.5, 0.6) is 6.01 Å². The molecule has 7 heteroatoms. The largest absolute Gasteiger partial charge is 0.459 e. The summed E-state index contributed by atoms with van der Waals surface area (Å²) in [6, 6.07) is 9.37. The van der Waals surface area contributed by atoms with Gasteiger partial charge in [0, 0.05) is 17.9 Å². The van der Waals surface area contributed by atoms with Gasteiger partial charge in [-0.15, -0.1) is 0 Å². The second-order valence-electron chi connectivity index (χ2n) is 7.40. The molecule has 0 spiro atoms. The fourth-order valence-electron chi connectivity index (χ4n) is 3.29. The third-order valence-electron chi connectivity index (χ3n) is 4.76. The molecule has 0 N–H and O–H groups in total. The van der Waals surface area contributed by atoms with Gasteiger partial charge in [-0.3, -0.25) is 0 Å². The van der Waals surface area contributed by atoms with Gasteiger partial charge >= 0.3 is 6.01 Å². The molecule has 1 aliphatic heterocycles. The highest BCUT2D eigenvalue weighted by atomic mass is 32.2. The van der Waals surface area contributed by atoms with E-state index in [2.05, 4.69) is 23.8 Å². The van der Waals surface area contributed by atoms with Crippen molar-refractivity contribution in [3.05, 3.63) is 47.3 Å². The average Bonchev–Trinajstić information content (AvgIpc) is 2.61. The second-order valence-corrected chi connectivity index (χ2v) is 9.34. The van der Waals surface area contributed by atoms with Gasteiger partial charge in [-0.2, -0.15) is 4.31 Å². The van der Waals surface area contributed by atoms with Crippen LogP contribution in [0.1, 0.15) is 49.6 Å². The Labute approximate surface area is 161 Å². The maximum atomic E-state index is 13.0. The summed E-state index contributed by atoms with van der Waals surface area (Å²) < 4.78 is 33.4. The van der Waals surface area contributed by atoms with E-state index in [0.29, 0.717) is 29.9 Å². The summed E-state index contributed by atoms with van der Waals surface area (Å²) >= 11 is 0. The van der Waals surface area contributed by atoms with Crippen molar-refractivity contribution in [1.29, 1.82) is 0 Å². The van der Waals surface area contributed by atoms with Crippen molar-refractivity contribution in [2.24, 2.45) is 0 Å². The topological polar surface area (TPSA) is 72.4 Å². The number of nitrogens with zero attached hydrogens (tertiary/aromatic N) is 3. The van der Waals surface area contributed by atoms with E-state index in [1.54, 1.807) is 12.1 Å². The Morgan fingerprint density at radius 3 is 2.33 bits per heavy atom. The first kappa shape index (κ1) is 19.8. The molecule has 0 radical (unpaired) electrons. The van der Waals surface area contributed by atoms with Crippen molar-refractivity contribution in [2.75, 3.05) is 13.1 Å². The number of aromatic nitrogens is 2. The molecule has 1 aromatic heterocycles. The predicted octanol–water partition coefficient (Wildman–Crippen LogP) is 3.45. The minimum Gasteiger partial charge on any atom is -0.459 e. The number of piperidine rings is 1. The van der Waals surface area contributed by atoms with Crippen molar-refractivity contribution in [3.8, 4) is 6.01 Å². The maximum Gasteiger partial charge on any atom is 0.317 e. The van der Waals surface area contributed by atoms with Crippen LogP contribution in [0.25, 0.3) is 0 Å². The van der Waals surface area contributed by atoms with Gasteiger partial charge in [0.2, 0.25) is 10.0 Å². The third kappa shape index (κ3) is 4.65. The number of sulfonamides is 1. The molecular weight excluding hydrogens is 362 g/mol. The van der Waals surface area contributed by atoms with E-state index >= 15 is 0 Å². The standard InChI is InChI=1S/C20H27N3O3S/c1-14(2)17-7-9-19(10-8-17)27(24,25)23-11-5-6-18(13-23)26-20-21-15(3)12-16(4)22-20/h7-10,12,14,18H,5-6,11,13H2,1-4H3. The summed E-state index contributed by atoms with van der Waals surface area (Å²) in [6.07, 6.45) is 1.29. The lowest BCUT2D eigenvalue weighted by Gasteiger charge is -2.31. The molecule has 1 aliphatic rings. The summed E-state index contributed by atoms with van der Waals surface area (Å²) in [5.74, 6) is 0.368.